The van der Waals surface area contributed by atoms with E-state index in [9.17, 15) is 13.6 Å². The number of nitrogens with one attached hydrogen (secondary N) is 1. The lowest BCUT2D eigenvalue weighted by atomic mass is 10.1. The summed E-state index contributed by atoms with van der Waals surface area (Å²) in [7, 11) is 2.44. The van der Waals surface area contributed by atoms with Crippen LogP contribution in [0, 0.1) is 23.0 Å². The van der Waals surface area contributed by atoms with Gasteiger partial charge in [-0.2, -0.15) is 5.26 Å². The molecule has 2 aromatic rings. The molecule has 0 aliphatic rings. The topological polar surface area (TPSA) is 71.3 Å². The summed E-state index contributed by atoms with van der Waals surface area (Å²) in [5.74, 6) is -2.67. The van der Waals surface area contributed by atoms with Crippen LogP contribution in [-0.4, -0.2) is 20.1 Å². The Morgan fingerprint density at radius 1 is 1.27 bits per heavy atom. The van der Waals surface area contributed by atoms with Crippen molar-refractivity contribution in [2.45, 2.75) is 12.6 Å². The zero-order valence-electron chi connectivity index (χ0n) is 14.0. The van der Waals surface area contributed by atoms with Crippen molar-refractivity contribution in [2.75, 3.05) is 14.2 Å². The average Bonchev–Trinajstić information content (AvgIpc) is 2.62. The third kappa shape index (κ3) is 4.28. The number of rotatable bonds is 6. The second-order valence-corrected chi connectivity index (χ2v) is 5.66. The fourth-order valence-corrected chi connectivity index (χ4v) is 2.57. The molecule has 0 saturated heterocycles. The van der Waals surface area contributed by atoms with Gasteiger partial charge in [0.25, 0.3) is 5.91 Å². The summed E-state index contributed by atoms with van der Waals surface area (Å²) >= 11 is 6.04. The Kier molecular flexibility index (Phi) is 6.50. The maximum Gasteiger partial charge on any atom is 0.254 e. The van der Waals surface area contributed by atoms with Crippen molar-refractivity contribution in [1.29, 1.82) is 5.26 Å². The third-order valence-corrected chi connectivity index (χ3v) is 4.01. The van der Waals surface area contributed by atoms with Gasteiger partial charge in [-0.1, -0.05) is 17.7 Å². The third-order valence-electron chi connectivity index (χ3n) is 3.66. The van der Waals surface area contributed by atoms with Gasteiger partial charge in [0, 0.05) is 30.8 Å². The first-order valence-electron chi connectivity index (χ1n) is 7.43. The number of nitriles is 1. The second-order valence-electron chi connectivity index (χ2n) is 5.26. The number of hydrogen-bond acceptors (Lipinski definition) is 4. The molecular formula is C18H15ClF2N2O3. The van der Waals surface area contributed by atoms with Gasteiger partial charge < -0.3 is 14.8 Å². The van der Waals surface area contributed by atoms with Gasteiger partial charge in [-0.15, -0.1) is 0 Å². The van der Waals surface area contributed by atoms with Crippen LogP contribution in [-0.2, 0) is 16.1 Å². The molecule has 0 aliphatic carbocycles. The lowest BCUT2D eigenvalue weighted by Crippen LogP contribution is -2.31. The fraction of sp³-hybridized carbons (Fsp3) is 0.222. The Bertz CT molecular complexity index is 845. The zero-order chi connectivity index (χ0) is 19.3. The molecule has 136 valence electrons. The standard InChI is InChI=1S/C18H15ClF2N2O3/c1-25-12-6-14(20)16(15(21)7-12)17(26-2)18(24)23-9-11-4-3-10(8-22)5-13(11)19/h3-7,17H,9H2,1-2H3,(H,23,24). The highest BCUT2D eigenvalue weighted by Crippen LogP contribution is 2.28. The number of methoxy groups -OCH3 is 2. The van der Waals surface area contributed by atoms with Gasteiger partial charge in [-0.25, -0.2) is 8.78 Å². The van der Waals surface area contributed by atoms with Gasteiger partial charge in [0.2, 0.25) is 0 Å². The number of benzene rings is 2. The number of halogens is 3. The number of carbonyl (C=O) groups is 1. The first kappa shape index (κ1) is 19.6. The number of amides is 1. The molecule has 5 nitrogen and oxygen atoms in total. The van der Waals surface area contributed by atoms with E-state index in [0.717, 1.165) is 12.1 Å². The molecule has 1 amide bonds. The molecule has 2 rings (SSSR count). The summed E-state index contributed by atoms with van der Waals surface area (Å²) in [4.78, 5) is 12.3. The van der Waals surface area contributed by atoms with E-state index in [2.05, 4.69) is 5.32 Å². The Hall–Kier alpha value is -2.69. The molecule has 1 atom stereocenters. The lowest BCUT2D eigenvalue weighted by molar-refractivity contribution is -0.131. The monoisotopic (exact) mass is 380 g/mol. The van der Waals surface area contributed by atoms with Gasteiger partial charge in [0.15, 0.2) is 6.10 Å². The second kappa shape index (κ2) is 8.61. The van der Waals surface area contributed by atoms with E-state index in [1.165, 1.54) is 20.3 Å². The first-order chi connectivity index (χ1) is 12.4. The molecule has 8 heteroatoms. The summed E-state index contributed by atoms with van der Waals surface area (Å²) in [6.45, 7) is 0.00261. The van der Waals surface area contributed by atoms with E-state index in [1.807, 2.05) is 6.07 Å². The molecule has 0 heterocycles. The minimum absolute atomic E-state index is 0.00261. The van der Waals surface area contributed by atoms with E-state index in [-0.39, 0.29) is 12.3 Å². The molecule has 0 saturated carbocycles. The van der Waals surface area contributed by atoms with Crippen LogP contribution in [0.1, 0.15) is 22.8 Å². The molecule has 0 aliphatic heterocycles. The Morgan fingerprint density at radius 3 is 2.42 bits per heavy atom. The number of nitrogens with zero attached hydrogens (tertiary/aromatic N) is 1. The minimum atomic E-state index is -1.49. The van der Waals surface area contributed by atoms with Crippen LogP contribution in [0.4, 0.5) is 8.78 Å². The maximum absolute atomic E-state index is 14.2. The molecule has 1 N–H and O–H groups in total. The maximum atomic E-state index is 14.2. The summed E-state index contributed by atoms with van der Waals surface area (Å²) in [5, 5.41) is 11.6. The van der Waals surface area contributed by atoms with Crippen LogP contribution >= 0.6 is 11.6 Å². The molecule has 0 radical (unpaired) electrons. The van der Waals surface area contributed by atoms with E-state index in [0.29, 0.717) is 16.1 Å². The highest BCUT2D eigenvalue weighted by atomic mass is 35.5. The van der Waals surface area contributed by atoms with Crippen LogP contribution in [0.5, 0.6) is 5.75 Å². The van der Waals surface area contributed by atoms with Crippen LogP contribution < -0.4 is 10.1 Å². The molecule has 26 heavy (non-hydrogen) atoms. The van der Waals surface area contributed by atoms with Crippen LogP contribution in [0.3, 0.4) is 0 Å². The van der Waals surface area contributed by atoms with Crippen molar-refractivity contribution in [3.63, 3.8) is 0 Å². The van der Waals surface area contributed by atoms with Crippen molar-refractivity contribution >= 4 is 17.5 Å². The largest absolute Gasteiger partial charge is 0.497 e. The predicted octanol–water partition coefficient (Wildman–Crippen LogP) is 3.50. The number of hydrogen-bond donors (Lipinski definition) is 1. The van der Waals surface area contributed by atoms with Gasteiger partial charge in [0.1, 0.15) is 17.4 Å². The summed E-state index contributed by atoms with van der Waals surface area (Å²) in [6.07, 6.45) is -1.49. The smallest absolute Gasteiger partial charge is 0.254 e. The Morgan fingerprint density at radius 2 is 1.92 bits per heavy atom. The van der Waals surface area contributed by atoms with Gasteiger partial charge in [0.05, 0.1) is 24.3 Å². The van der Waals surface area contributed by atoms with Gasteiger partial charge in [-0.3, -0.25) is 4.79 Å². The average molecular weight is 381 g/mol. The molecule has 0 spiro atoms. The Balaban J connectivity index is 2.19. The minimum Gasteiger partial charge on any atom is -0.497 e. The van der Waals surface area contributed by atoms with Crippen molar-refractivity contribution < 1.29 is 23.0 Å². The fourth-order valence-electron chi connectivity index (χ4n) is 2.32. The van der Waals surface area contributed by atoms with Crippen molar-refractivity contribution in [3.05, 3.63) is 63.7 Å². The lowest BCUT2D eigenvalue weighted by Gasteiger charge is -2.18. The highest BCUT2D eigenvalue weighted by molar-refractivity contribution is 6.31. The van der Waals surface area contributed by atoms with E-state index in [4.69, 9.17) is 26.3 Å². The Labute approximate surface area is 154 Å². The SMILES string of the molecule is COc1cc(F)c(C(OC)C(=O)NCc2ccc(C#N)cc2Cl)c(F)c1. The number of ether oxygens (including phenoxy) is 2. The van der Waals surface area contributed by atoms with E-state index < -0.39 is 29.2 Å². The molecular weight excluding hydrogens is 366 g/mol. The molecule has 1 unspecified atom stereocenters. The molecule has 0 bridgehead atoms. The normalized spacial score (nSPS) is 11.5. The van der Waals surface area contributed by atoms with Crippen molar-refractivity contribution in [1.82, 2.24) is 5.32 Å². The first-order valence-corrected chi connectivity index (χ1v) is 7.81. The predicted molar refractivity (Wildman–Crippen MR) is 90.7 cm³/mol. The van der Waals surface area contributed by atoms with Crippen molar-refractivity contribution in [2.24, 2.45) is 0 Å². The van der Waals surface area contributed by atoms with Crippen LogP contribution in [0.2, 0.25) is 5.02 Å². The number of carbonyl (C=O) groups excluding carboxylic acids is 1. The van der Waals surface area contributed by atoms with Gasteiger partial charge >= 0.3 is 0 Å². The van der Waals surface area contributed by atoms with E-state index >= 15 is 0 Å². The van der Waals surface area contributed by atoms with Crippen molar-refractivity contribution in [3.8, 4) is 11.8 Å². The van der Waals surface area contributed by atoms with Gasteiger partial charge in [-0.05, 0) is 17.7 Å². The van der Waals surface area contributed by atoms with E-state index in [1.54, 1.807) is 12.1 Å². The quantitative estimate of drug-likeness (QED) is 0.832. The molecule has 0 aromatic heterocycles. The zero-order valence-corrected chi connectivity index (χ0v) is 14.7. The van der Waals surface area contributed by atoms with Crippen LogP contribution in [0.15, 0.2) is 30.3 Å². The summed E-state index contributed by atoms with van der Waals surface area (Å²) < 4.78 is 38.1. The highest BCUT2D eigenvalue weighted by Gasteiger charge is 2.27. The van der Waals surface area contributed by atoms with Crippen LogP contribution in [0.25, 0.3) is 0 Å². The summed E-state index contributed by atoms with van der Waals surface area (Å²) in [5.41, 5.74) is 0.406. The molecule has 0 fully saturated rings. The molecule has 2 aromatic carbocycles. The summed E-state index contributed by atoms with van der Waals surface area (Å²) in [6, 6.07) is 8.46.